The van der Waals surface area contributed by atoms with Crippen molar-refractivity contribution in [3.8, 4) is 0 Å². The maximum Gasteiger partial charge on any atom is 0.270 e. The van der Waals surface area contributed by atoms with E-state index in [1.165, 1.54) is 11.1 Å². The third-order valence-electron chi connectivity index (χ3n) is 5.58. The Morgan fingerprint density at radius 1 is 1.31 bits per heavy atom. The first-order valence-corrected chi connectivity index (χ1v) is 9.33. The van der Waals surface area contributed by atoms with Crippen LogP contribution in [-0.4, -0.2) is 40.4 Å². The molecule has 1 aromatic carbocycles. The predicted octanol–water partition coefficient (Wildman–Crippen LogP) is 1.55. The molecule has 2 aliphatic rings. The minimum Gasteiger partial charge on any atom is -0.349 e. The lowest BCUT2D eigenvalue weighted by Gasteiger charge is -2.34. The van der Waals surface area contributed by atoms with Crippen LogP contribution in [0.4, 0.5) is 0 Å². The number of hydrogen-bond donors (Lipinski definition) is 3. The summed E-state index contributed by atoms with van der Waals surface area (Å²) in [5.41, 5.74) is 5.23. The third-order valence-corrected chi connectivity index (χ3v) is 5.58. The number of rotatable bonds is 3. The Kier molecular flexibility index (Phi) is 4.59. The number of aryl methyl sites for hydroxylation is 1. The lowest BCUT2D eigenvalue weighted by Crippen LogP contribution is -2.46. The summed E-state index contributed by atoms with van der Waals surface area (Å²) in [5, 5.41) is 10.9. The largest absolute Gasteiger partial charge is 0.349 e. The van der Waals surface area contributed by atoms with E-state index in [1.807, 2.05) is 0 Å². The normalized spacial score (nSPS) is 19.5. The lowest BCUT2D eigenvalue weighted by molar-refractivity contribution is 0.0927. The van der Waals surface area contributed by atoms with Crippen LogP contribution in [0.25, 0.3) is 0 Å². The zero-order chi connectivity index (χ0) is 18.1. The van der Waals surface area contributed by atoms with Gasteiger partial charge in [-0.25, -0.2) is 4.98 Å². The third kappa shape index (κ3) is 3.29. The minimum atomic E-state index is -0.155. The van der Waals surface area contributed by atoms with Crippen LogP contribution in [0.1, 0.15) is 45.7 Å². The van der Waals surface area contributed by atoms with Crippen LogP contribution in [0.15, 0.2) is 24.3 Å². The second kappa shape index (κ2) is 7.03. The number of aromatic amines is 1. The molecule has 2 aromatic rings. The standard InChI is InChI=1S/C20H25N5O/c1-25-12-14-7-3-2-6-13(14)10-15(25)11-22-19(26)18-16-8-4-5-9-17(16)23-20(21)24-18/h2-3,6-7,15H,4-5,8-12H2,1H3,(H,22,26)(H2,21,23,24). The van der Waals surface area contributed by atoms with Gasteiger partial charge in [-0.15, -0.1) is 0 Å². The van der Waals surface area contributed by atoms with Crippen molar-refractivity contribution in [2.75, 3.05) is 13.6 Å². The van der Waals surface area contributed by atoms with Crippen molar-refractivity contribution in [3.05, 3.63) is 58.0 Å². The van der Waals surface area contributed by atoms with Crippen LogP contribution in [0.5, 0.6) is 0 Å². The molecule has 1 unspecified atom stereocenters. The van der Waals surface area contributed by atoms with E-state index in [9.17, 15) is 4.79 Å². The molecule has 1 amide bonds. The molecule has 0 fully saturated rings. The summed E-state index contributed by atoms with van der Waals surface area (Å²) in [5.74, 6) is -0.155. The summed E-state index contributed by atoms with van der Waals surface area (Å²) in [4.78, 5) is 22.3. The topological polar surface area (TPSA) is 84.9 Å². The molecule has 1 aliphatic heterocycles. The number of aromatic nitrogens is 2. The molecule has 0 radical (unpaired) electrons. The van der Waals surface area contributed by atoms with Gasteiger partial charge in [0.1, 0.15) is 5.69 Å². The van der Waals surface area contributed by atoms with Gasteiger partial charge in [0.25, 0.3) is 5.91 Å². The highest BCUT2D eigenvalue weighted by Crippen LogP contribution is 2.22. The average Bonchev–Trinajstić information content (AvgIpc) is 2.65. The molecule has 0 saturated heterocycles. The molecule has 1 atom stereocenters. The fraction of sp³-hybridized carbons (Fsp3) is 0.450. The van der Waals surface area contributed by atoms with E-state index in [0.717, 1.165) is 49.9 Å². The van der Waals surface area contributed by atoms with E-state index in [0.29, 0.717) is 12.2 Å². The van der Waals surface area contributed by atoms with Crippen molar-refractivity contribution >= 4 is 5.91 Å². The summed E-state index contributed by atoms with van der Waals surface area (Å²) in [6, 6.07) is 8.78. The zero-order valence-corrected chi connectivity index (χ0v) is 15.1. The molecule has 1 aromatic heterocycles. The molecule has 0 spiro atoms. The van der Waals surface area contributed by atoms with Crippen LogP contribution in [0, 0.1) is 5.41 Å². The molecule has 3 N–H and O–H groups in total. The molecule has 4 rings (SSSR count). The van der Waals surface area contributed by atoms with Crippen LogP contribution in [0.2, 0.25) is 0 Å². The number of carbonyl (C=O) groups is 1. The Morgan fingerprint density at radius 2 is 2.08 bits per heavy atom. The van der Waals surface area contributed by atoms with Crippen molar-refractivity contribution in [2.24, 2.45) is 0 Å². The summed E-state index contributed by atoms with van der Waals surface area (Å²) in [6.45, 7) is 1.49. The van der Waals surface area contributed by atoms with Gasteiger partial charge in [0.2, 0.25) is 5.62 Å². The Balaban J connectivity index is 1.48. The quantitative estimate of drug-likeness (QED) is 0.784. The number of H-pyrrole nitrogens is 1. The molecule has 6 heteroatoms. The van der Waals surface area contributed by atoms with Crippen molar-refractivity contribution in [1.82, 2.24) is 20.2 Å². The smallest absolute Gasteiger partial charge is 0.270 e. The maximum atomic E-state index is 12.8. The SMILES string of the molecule is CN1Cc2ccccc2CC1CNC(=O)c1nc(=N)[nH]c2c1CCCC2. The molecule has 6 nitrogen and oxygen atoms in total. The molecular weight excluding hydrogens is 326 g/mol. The second-order valence-corrected chi connectivity index (χ2v) is 7.35. The molecule has 2 heterocycles. The summed E-state index contributed by atoms with van der Waals surface area (Å²) >= 11 is 0. The lowest BCUT2D eigenvalue weighted by atomic mass is 9.93. The summed E-state index contributed by atoms with van der Waals surface area (Å²) in [7, 11) is 2.10. The van der Waals surface area contributed by atoms with Crippen molar-refractivity contribution in [1.29, 1.82) is 5.41 Å². The van der Waals surface area contributed by atoms with Crippen LogP contribution >= 0.6 is 0 Å². The first kappa shape index (κ1) is 17.0. The highest BCUT2D eigenvalue weighted by atomic mass is 16.1. The van der Waals surface area contributed by atoms with E-state index in [1.54, 1.807) is 0 Å². The van der Waals surface area contributed by atoms with E-state index >= 15 is 0 Å². The highest BCUT2D eigenvalue weighted by molar-refractivity contribution is 5.93. The van der Waals surface area contributed by atoms with Gasteiger partial charge in [0.15, 0.2) is 0 Å². The van der Waals surface area contributed by atoms with Crippen LogP contribution in [-0.2, 0) is 25.8 Å². The fourth-order valence-electron chi connectivity index (χ4n) is 4.08. The van der Waals surface area contributed by atoms with Gasteiger partial charge < -0.3 is 10.3 Å². The first-order chi connectivity index (χ1) is 12.6. The predicted molar refractivity (Wildman–Crippen MR) is 98.8 cm³/mol. The second-order valence-electron chi connectivity index (χ2n) is 7.35. The maximum absolute atomic E-state index is 12.8. The van der Waals surface area contributed by atoms with Gasteiger partial charge >= 0.3 is 0 Å². The van der Waals surface area contributed by atoms with Gasteiger partial charge in [-0.1, -0.05) is 24.3 Å². The van der Waals surface area contributed by atoms with Crippen LogP contribution < -0.4 is 10.9 Å². The zero-order valence-electron chi connectivity index (χ0n) is 15.1. The van der Waals surface area contributed by atoms with Gasteiger partial charge in [-0.3, -0.25) is 15.1 Å². The molecule has 1 aliphatic carbocycles. The van der Waals surface area contributed by atoms with E-state index in [2.05, 4.69) is 51.5 Å². The van der Waals surface area contributed by atoms with Gasteiger partial charge in [0, 0.05) is 30.4 Å². The van der Waals surface area contributed by atoms with Crippen molar-refractivity contribution in [2.45, 2.75) is 44.7 Å². The van der Waals surface area contributed by atoms with E-state index in [4.69, 9.17) is 5.41 Å². The van der Waals surface area contributed by atoms with Gasteiger partial charge in [-0.05, 0) is 50.3 Å². The Morgan fingerprint density at radius 3 is 2.92 bits per heavy atom. The molecule has 26 heavy (non-hydrogen) atoms. The van der Waals surface area contributed by atoms with Gasteiger partial charge in [-0.2, -0.15) is 0 Å². The van der Waals surface area contributed by atoms with Crippen molar-refractivity contribution in [3.63, 3.8) is 0 Å². The molecular formula is C20H25N5O. The van der Waals surface area contributed by atoms with Crippen LogP contribution in [0.3, 0.4) is 0 Å². The monoisotopic (exact) mass is 351 g/mol. The minimum absolute atomic E-state index is 0.0690. The Bertz CT molecular complexity index is 888. The molecule has 136 valence electrons. The fourth-order valence-corrected chi connectivity index (χ4v) is 4.08. The number of nitrogens with zero attached hydrogens (tertiary/aromatic N) is 2. The number of likely N-dealkylation sites (N-methyl/N-ethyl adjacent to an activating group) is 1. The molecule has 0 bridgehead atoms. The number of hydrogen-bond acceptors (Lipinski definition) is 4. The molecule has 0 saturated carbocycles. The van der Waals surface area contributed by atoms with E-state index < -0.39 is 0 Å². The summed E-state index contributed by atoms with van der Waals surface area (Å²) in [6.07, 6.45) is 4.86. The highest BCUT2D eigenvalue weighted by Gasteiger charge is 2.25. The summed E-state index contributed by atoms with van der Waals surface area (Å²) < 4.78 is 0. The van der Waals surface area contributed by atoms with Crippen molar-refractivity contribution < 1.29 is 4.79 Å². The number of fused-ring (bicyclic) bond motifs is 2. The number of nitrogens with one attached hydrogen (secondary N) is 3. The average molecular weight is 351 g/mol. The number of benzene rings is 1. The Labute approximate surface area is 153 Å². The first-order valence-electron chi connectivity index (χ1n) is 9.33. The van der Waals surface area contributed by atoms with E-state index in [-0.39, 0.29) is 17.6 Å². The number of amides is 1. The number of carbonyl (C=O) groups excluding carboxylic acids is 1. The van der Waals surface area contributed by atoms with Gasteiger partial charge in [0.05, 0.1) is 0 Å². The Hall–Kier alpha value is -2.47.